The topological polar surface area (TPSA) is 51.2 Å². The maximum absolute atomic E-state index is 12.0. The second-order valence-electron chi connectivity index (χ2n) is 9.01. The van der Waals surface area contributed by atoms with Crippen LogP contribution in [-0.4, -0.2) is 78.9 Å². The van der Waals surface area contributed by atoms with Crippen molar-refractivity contribution in [1.29, 1.82) is 0 Å². The summed E-state index contributed by atoms with van der Waals surface area (Å²) in [6.07, 6.45) is 6.16. The van der Waals surface area contributed by atoms with Crippen LogP contribution in [0.25, 0.3) is 0 Å². The monoisotopic (exact) mass is 525 g/mol. The molecule has 166 valence electrons. The van der Waals surface area contributed by atoms with Gasteiger partial charge in [0, 0.05) is 45.8 Å². The van der Waals surface area contributed by atoms with E-state index < -0.39 is 0 Å². The van der Waals surface area contributed by atoms with Gasteiger partial charge in [0.05, 0.1) is 0 Å². The second-order valence-corrected chi connectivity index (χ2v) is 9.01. The predicted octanol–water partition coefficient (Wildman–Crippen LogP) is 2.79. The molecule has 0 bridgehead atoms. The van der Waals surface area contributed by atoms with Crippen molar-refractivity contribution < 1.29 is 4.79 Å². The summed E-state index contributed by atoms with van der Waals surface area (Å²) in [6, 6.07) is 12.1. The second kappa shape index (κ2) is 10.8. The fourth-order valence-corrected chi connectivity index (χ4v) is 4.64. The van der Waals surface area contributed by atoms with Gasteiger partial charge in [-0.3, -0.25) is 9.69 Å². The number of piperidine rings is 2. The molecule has 2 unspecified atom stereocenters. The highest BCUT2D eigenvalue weighted by Crippen LogP contribution is 2.32. The molecule has 6 nitrogen and oxygen atoms in total. The van der Waals surface area contributed by atoms with Crippen LogP contribution in [0.2, 0.25) is 0 Å². The van der Waals surface area contributed by atoms with Crippen LogP contribution in [0.5, 0.6) is 0 Å². The van der Waals surface area contributed by atoms with Crippen LogP contribution in [-0.2, 0) is 11.3 Å². The Hall–Kier alpha value is -1.35. The van der Waals surface area contributed by atoms with E-state index in [0.29, 0.717) is 18.0 Å². The van der Waals surface area contributed by atoms with Gasteiger partial charge >= 0.3 is 0 Å². The van der Waals surface area contributed by atoms with Crippen molar-refractivity contribution in [3.8, 4) is 0 Å². The van der Waals surface area contributed by atoms with E-state index in [9.17, 15) is 4.79 Å². The van der Waals surface area contributed by atoms with Crippen LogP contribution in [0.3, 0.4) is 0 Å². The first kappa shape index (κ1) is 23.3. The van der Waals surface area contributed by atoms with Crippen LogP contribution in [0.4, 0.5) is 0 Å². The number of halogens is 1. The molecule has 1 saturated carbocycles. The first-order chi connectivity index (χ1) is 14.1. The number of fused-ring (bicyclic) bond motifs is 1. The summed E-state index contributed by atoms with van der Waals surface area (Å²) < 4.78 is 0. The largest absolute Gasteiger partial charge is 0.353 e. The first-order valence-corrected chi connectivity index (χ1v) is 11.1. The molecule has 1 aliphatic carbocycles. The highest BCUT2D eigenvalue weighted by molar-refractivity contribution is 14.0. The summed E-state index contributed by atoms with van der Waals surface area (Å²) in [6.45, 7) is 4.55. The smallest absolute Gasteiger partial charge is 0.243 e. The Morgan fingerprint density at radius 2 is 1.90 bits per heavy atom. The third-order valence-electron chi connectivity index (χ3n) is 6.48. The lowest BCUT2D eigenvalue weighted by Crippen LogP contribution is -2.57. The fourth-order valence-electron chi connectivity index (χ4n) is 4.64. The van der Waals surface area contributed by atoms with E-state index in [2.05, 4.69) is 45.4 Å². The first-order valence-electron chi connectivity index (χ1n) is 11.1. The summed E-state index contributed by atoms with van der Waals surface area (Å²) in [5.74, 6) is 1.68. The Bertz CT molecular complexity index is 722. The van der Waals surface area contributed by atoms with E-state index in [0.717, 1.165) is 25.6 Å². The number of likely N-dealkylation sites (N-methyl/N-ethyl adjacent to an activating group) is 1. The molecule has 2 aliphatic heterocycles. The average Bonchev–Trinajstić information content (AvgIpc) is 3.55. The van der Waals surface area contributed by atoms with Crippen molar-refractivity contribution in [2.75, 3.05) is 40.3 Å². The molecule has 3 fully saturated rings. The fraction of sp³-hybridized carbons (Fsp3) is 0.652. The summed E-state index contributed by atoms with van der Waals surface area (Å²) in [5, 5.41) is 3.59. The standard InChI is InChI=1S/C23H35N5O.HI/c1-26(2)22(29)15-24-23(25-20-10-11-20)28-14-12-21-19(17-28)9-6-13-27(21)16-18-7-4-3-5-8-18;/h3-5,7-8,19-21H,6,9-17H2,1-2H3,(H,24,25);1H. The minimum absolute atomic E-state index is 0. The summed E-state index contributed by atoms with van der Waals surface area (Å²) in [5.41, 5.74) is 1.41. The van der Waals surface area contributed by atoms with Crippen molar-refractivity contribution >= 4 is 35.8 Å². The number of likely N-dealkylation sites (tertiary alicyclic amines) is 2. The van der Waals surface area contributed by atoms with Gasteiger partial charge in [-0.2, -0.15) is 0 Å². The van der Waals surface area contributed by atoms with E-state index >= 15 is 0 Å². The molecule has 7 heteroatoms. The number of nitrogens with one attached hydrogen (secondary N) is 1. The number of carbonyl (C=O) groups excluding carboxylic acids is 1. The molecule has 3 aliphatic rings. The van der Waals surface area contributed by atoms with Gasteiger partial charge in [-0.1, -0.05) is 30.3 Å². The third-order valence-corrected chi connectivity index (χ3v) is 6.48. The minimum Gasteiger partial charge on any atom is -0.353 e. The number of amides is 1. The van der Waals surface area contributed by atoms with Gasteiger partial charge in [-0.15, -0.1) is 24.0 Å². The van der Waals surface area contributed by atoms with Gasteiger partial charge in [0.1, 0.15) is 6.54 Å². The van der Waals surface area contributed by atoms with Crippen LogP contribution in [0.15, 0.2) is 35.3 Å². The lowest BCUT2D eigenvalue weighted by atomic mass is 9.83. The Labute approximate surface area is 198 Å². The third kappa shape index (κ3) is 6.09. The Morgan fingerprint density at radius 3 is 2.60 bits per heavy atom. The van der Waals surface area contributed by atoms with Crippen molar-refractivity contribution in [1.82, 2.24) is 20.0 Å². The number of guanidine groups is 1. The van der Waals surface area contributed by atoms with E-state index in [1.807, 2.05) is 0 Å². The van der Waals surface area contributed by atoms with Gasteiger partial charge < -0.3 is 15.1 Å². The van der Waals surface area contributed by atoms with Gasteiger partial charge in [-0.05, 0) is 50.1 Å². The normalized spacial score (nSPS) is 24.6. The summed E-state index contributed by atoms with van der Waals surface area (Å²) in [4.78, 5) is 23.5. The summed E-state index contributed by atoms with van der Waals surface area (Å²) in [7, 11) is 3.58. The number of benzene rings is 1. The molecule has 0 radical (unpaired) electrons. The highest BCUT2D eigenvalue weighted by Gasteiger charge is 2.37. The molecule has 2 heterocycles. The zero-order chi connectivity index (χ0) is 20.2. The van der Waals surface area contributed by atoms with Crippen LogP contribution < -0.4 is 5.32 Å². The van der Waals surface area contributed by atoms with Crippen LogP contribution >= 0.6 is 24.0 Å². The Kier molecular flexibility index (Phi) is 8.39. The maximum atomic E-state index is 12.0. The van der Waals surface area contributed by atoms with Crippen LogP contribution in [0, 0.1) is 5.92 Å². The summed E-state index contributed by atoms with van der Waals surface area (Å²) >= 11 is 0. The molecule has 30 heavy (non-hydrogen) atoms. The predicted molar refractivity (Wildman–Crippen MR) is 132 cm³/mol. The lowest BCUT2D eigenvalue weighted by molar-refractivity contribution is -0.127. The zero-order valence-electron chi connectivity index (χ0n) is 18.3. The molecule has 2 saturated heterocycles. The highest BCUT2D eigenvalue weighted by atomic mass is 127. The van der Waals surface area contributed by atoms with E-state index in [-0.39, 0.29) is 36.4 Å². The van der Waals surface area contributed by atoms with E-state index in [4.69, 9.17) is 4.99 Å². The average molecular weight is 525 g/mol. The quantitative estimate of drug-likeness (QED) is 0.365. The van der Waals surface area contributed by atoms with Crippen molar-refractivity contribution in [3.05, 3.63) is 35.9 Å². The Morgan fingerprint density at radius 1 is 1.13 bits per heavy atom. The van der Waals surface area contributed by atoms with Crippen molar-refractivity contribution in [3.63, 3.8) is 0 Å². The van der Waals surface area contributed by atoms with Gasteiger partial charge in [0.15, 0.2) is 5.96 Å². The molecule has 2 atom stereocenters. The van der Waals surface area contributed by atoms with Crippen molar-refractivity contribution in [2.45, 2.75) is 50.7 Å². The molecule has 0 aromatic heterocycles. The molecule has 1 aromatic carbocycles. The molecule has 1 amide bonds. The number of aliphatic imine (C=N–C) groups is 1. The number of hydrogen-bond donors (Lipinski definition) is 1. The van der Waals surface area contributed by atoms with Crippen molar-refractivity contribution in [2.24, 2.45) is 10.9 Å². The number of carbonyl (C=O) groups is 1. The molecule has 1 aromatic rings. The maximum Gasteiger partial charge on any atom is 0.243 e. The SMILES string of the molecule is CN(C)C(=O)CN=C(NC1CC1)N1CCC2C(CCCN2Cc2ccccc2)C1.I. The Balaban J connectivity index is 0.00000256. The molecule has 1 N–H and O–H groups in total. The van der Waals surface area contributed by atoms with Gasteiger partial charge in [0.2, 0.25) is 5.91 Å². The van der Waals surface area contributed by atoms with Crippen LogP contribution in [0.1, 0.15) is 37.7 Å². The molecular weight excluding hydrogens is 489 g/mol. The minimum atomic E-state index is 0. The van der Waals surface area contributed by atoms with E-state index in [1.54, 1.807) is 19.0 Å². The molecule has 0 spiro atoms. The van der Waals surface area contributed by atoms with Gasteiger partial charge in [0.25, 0.3) is 0 Å². The lowest BCUT2D eigenvalue weighted by Gasteiger charge is -2.48. The zero-order valence-corrected chi connectivity index (χ0v) is 20.6. The molecular formula is C23H36IN5O. The number of nitrogens with zero attached hydrogens (tertiary/aromatic N) is 4. The van der Waals surface area contributed by atoms with E-state index in [1.165, 1.54) is 44.2 Å². The van der Waals surface area contributed by atoms with Gasteiger partial charge in [-0.25, -0.2) is 4.99 Å². The molecule has 4 rings (SSSR count). The number of rotatable bonds is 5. The number of hydrogen-bond acceptors (Lipinski definition) is 3.